The molecule has 0 spiro atoms. The maximum absolute atomic E-state index is 10.8. The van der Waals surface area contributed by atoms with Crippen LogP contribution in [0.3, 0.4) is 0 Å². The zero-order valence-corrected chi connectivity index (χ0v) is 20.8. The van der Waals surface area contributed by atoms with E-state index in [1.807, 2.05) is 0 Å². The Balaban J connectivity index is 2.52. The smallest absolute Gasteiger partial charge is 0.335 e. The zero-order valence-electron chi connectivity index (χ0n) is 17.7. The van der Waals surface area contributed by atoms with Crippen molar-refractivity contribution in [2.45, 2.75) is 102 Å². The molecular formula is C17H38BO5PSi2. The number of ether oxygens (including phenoxy) is 1. The van der Waals surface area contributed by atoms with Crippen LogP contribution in [0, 0.1) is 0 Å². The van der Waals surface area contributed by atoms with Crippen molar-refractivity contribution in [3.8, 4) is 0 Å². The minimum absolute atomic E-state index is 0.225. The average Bonchev–Trinajstić information content (AvgIpc) is 2.81. The van der Waals surface area contributed by atoms with Crippen molar-refractivity contribution in [2.75, 3.05) is 6.61 Å². The lowest BCUT2D eigenvalue weighted by atomic mass is 9.91. The first kappa shape index (κ1) is 23.0. The van der Waals surface area contributed by atoms with E-state index in [1.54, 1.807) is 0 Å². The molecule has 0 aromatic rings. The Morgan fingerprint density at radius 1 is 0.923 bits per heavy atom. The van der Waals surface area contributed by atoms with E-state index in [1.165, 1.54) is 0 Å². The zero-order chi connectivity index (χ0) is 19.9. The van der Waals surface area contributed by atoms with Gasteiger partial charge in [-0.2, -0.15) is 9.12 Å². The Kier molecular flexibility index (Phi) is 7.63. The summed E-state index contributed by atoms with van der Waals surface area (Å²) in [5, 5.41) is 10.8. The van der Waals surface area contributed by atoms with E-state index in [2.05, 4.69) is 64.5 Å². The van der Waals surface area contributed by atoms with Crippen LogP contribution in [0.2, 0.25) is 22.2 Å². The van der Waals surface area contributed by atoms with Crippen LogP contribution in [-0.4, -0.2) is 60.1 Å². The standard InChI is InChI=1S/C17H38BO5PSi2/c1-10(2)25(11(3)4)20-9-14-16(15(19)17(18-24)21-14)22-26(23-25,12(5)6)13(7)8/h10-19H,9,24H2,1-8H3/t14-,15+,16?,17-/m1/s1. The molecular weight excluding hydrogens is 382 g/mol. The number of hydrogen-bond acceptors (Lipinski definition) is 5. The highest BCUT2D eigenvalue weighted by Gasteiger charge is 2.61. The highest BCUT2D eigenvalue weighted by atomic mass is 31.0. The topological polar surface area (TPSA) is 57.2 Å². The Hall–Kier alpha value is 0.729. The summed E-state index contributed by atoms with van der Waals surface area (Å²) in [6.45, 7) is 18.7. The molecule has 2 aliphatic rings. The quantitative estimate of drug-likeness (QED) is 0.547. The largest absolute Gasteiger partial charge is 0.414 e. The van der Waals surface area contributed by atoms with Gasteiger partial charge in [-0.3, -0.25) is 0 Å². The number of fused-ring (bicyclic) bond motifs is 1. The van der Waals surface area contributed by atoms with Crippen LogP contribution in [0.5, 0.6) is 0 Å². The molecule has 2 heterocycles. The highest BCUT2D eigenvalue weighted by Crippen LogP contribution is 2.47. The fraction of sp³-hybridized carbons (Fsp3) is 1.00. The second kappa shape index (κ2) is 8.62. The van der Waals surface area contributed by atoms with Crippen LogP contribution in [0.4, 0.5) is 0 Å². The van der Waals surface area contributed by atoms with Crippen molar-refractivity contribution in [2.24, 2.45) is 0 Å². The lowest BCUT2D eigenvalue weighted by Crippen LogP contribution is -2.65. The van der Waals surface area contributed by atoms with Crippen molar-refractivity contribution >= 4 is 33.2 Å². The summed E-state index contributed by atoms with van der Waals surface area (Å²) in [5.41, 5.74) is 1.15. The van der Waals surface area contributed by atoms with Crippen LogP contribution < -0.4 is 0 Å². The van der Waals surface area contributed by atoms with Gasteiger partial charge in [-0.1, -0.05) is 55.4 Å². The summed E-state index contributed by atoms with van der Waals surface area (Å²) >= 11 is 0. The fourth-order valence-corrected chi connectivity index (χ4v) is 16.0. The monoisotopic (exact) mass is 420 g/mol. The lowest BCUT2D eigenvalue weighted by molar-refractivity contribution is -0.0319. The van der Waals surface area contributed by atoms with Crippen molar-refractivity contribution in [1.29, 1.82) is 0 Å². The van der Waals surface area contributed by atoms with Gasteiger partial charge in [0.05, 0.1) is 12.6 Å². The van der Waals surface area contributed by atoms with Crippen molar-refractivity contribution in [3.63, 3.8) is 0 Å². The van der Waals surface area contributed by atoms with Gasteiger partial charge in [0.1, 0.15) is 18.3 Å². The van der Waals surface area contributed by atoms with Gasteiger partial charge in [-0.15, -0.1) is 0 Å². The molecule has 5 atom stereocenters. The molecule has 2 rings (SSSR count). The van der Waals surface area contributed by atoms with Crippen LogP contribution in [0.15, 0.2) is 0 Å². The lowest BCUT2D eigenvalue weighted by Gasteiger charge is -2.51. The third kappa shape index (κ3) is 3.90. The number of aliphatic hydroxyl groups is 1. The van der Waals surface area contributed by atoms with Crippen molar-refractivity contribution in [3.05, 3.63) is 0 Å². The van der Waals surface area contributed by atoms with Gasteiger partial charge >= 0.3 is 17.1 Å². The molecule has 0 bridgehead atoms. The second-order valence-corrected chi connectivity index (χ2v) is 18.3. The summed E-state index contributed by atoms with van der Waals surface area (Å²) in [5.74, 6) is 0. The van der Waals surface area contributed by atoms with E-state index in [-0.39, 0.29) is 29.3 Å². The molecule has 2 saturated heterocycles. The predicted molar refractivity (Wildman–Crippen MR) is 115 cm³/mol. The molecule has 0 aromatic heterocycles. The van der Waals surface area contributed by atoms with E-state index in [0.717, 1.165) is 0 Å². The van der Waals surface area contributed by atoms with E-state index < -0.39 is 23.2 Å². The maximum atomic E-state index is 10.8. The van der Waals surface area contributed by atoms with Crippen LogP contribution >= 0.6 is 9.12 Å². The molecule has 9 heteroatoms. The summed E-state index contributed by atoms with van der Waals surface area (Å²) in [6.07, 6.45) is -1.24. The van der Waals surface area contributed by atoms with Gasteiger partial charge in [0.15, 0.2) is 7.00 Å². The molecule has 0 aliphatic carbocycles. The Morgan fingerprint density at radius 2 is 1.42 bits per heavy atom. The van der Waals surface area contributed by atoms with Gasteiger partial charge in [0.25, 0.3) is 0 Å². The number of hydrogen-bond donors (Lipinski definition) is 1. The van der Waals surface area contributed by atoms with Gasteiger partial charge < -0.3 is 22.8 Å². The molecule has 0 radical (unpaired) electrons. The maximum Gasteiger partial charge on any atom is 0.335 e. The molecule has 2 unspecified atom stereocenters. The van der Waals surface area contributed by atoms with Crippen molar-refractivity contribution in [1.82, 2.24) is 0 Å². The van der Waals surface area contributed by atoms with E-state index >= 15 is 0 Å². The fourth-order valence-electron chi connectivity index (χ4n) is 4.43. The van der Waals surface area contributed by atoms with E-state index in [0.29, 0.717) is 24.7 Å². The third-order valence-corrected chi connectivity index (χ3v) is 16.7. The van der Waals surface area contributed by atoms with E-state index in [4.69, 9.17) is 17.7 Å². The van der Waals surface area contributed by atoms with Crippen molar-refractivity contribution < 1.29 is 22.8 Å². The third-order valence-electron chi connectivity index (χ3n) is 6.00. The molecule has 0 aromatic carbocycles. The normalized spacial score (nSPS) is 34.2. The SMILES string of the molecule is CC(C)[Si]1(C(C)C)OC[C@H]2O[C@@H](BP)[C@@H](O)C2O[Si](C(C)C)(C(C)C)O1. The Labute approximate surface area is 164 Å². The highest BCUT2D eigenvalue weighted by molar-refractivity contribution is 7.56. The molecule has 0 saturated carbocycles. The van der Waals surface area contributed by atoms with Gasteiger partial charge in [-0.05, 0) is 22.2 Å². The predicted octanol–water partition coefficient (Wildman–Crippen LogP) is 3.26. The molecule has 152 valence electrons. The first-order chi connectivity index (χ1) is 12.0. The van der Waals surface area contributed by atoms with Crippen LogP contribution in [-0.2, 0) is 17.7 Å². The average molecular weight is 420 g/mol. The summed E-state index contributed by atoms with van der Waals surface area (Å²) in [6, 6.07) is -0.225. The molecule has 2 fully saturated rings. The van der Waals surface area contributed by atoms with Crippen LogP contribution in [0.25, 0.3) is 0 Å². The summed E-state index contributed by atoms with van der Waals surface area (Å²) in [7, 11) is -2.52. The molecule has 2 aliphatic heterocycles. The van der Waals surface area contributed by atoms with Gasteiger partial charge in [0.2, 0.25) is 0 Å². The molecule has 0 amide bonds. The Bertz CT molecular complexity index is 464. The minimum atomic E-state index is -2.66. The van der Waals surface area contributed by atoms with Gasteiger partial charge in [0, 0.05) is 0 Å². The van der Waals surface area contributed by atoms with Gasteiger partial charge in [-0.25, -0.2) is 0 Å². The molecule has 26 heavy (non-hydrogen) atoms. The van der Waals surface area contributed by atoms with Crippen LogP contribution in [0.1, 0.15) is 55.4 Å². The minimum Gasteiger partial charge on any atom is -0.414 e. The van der Waals surface area contributed by atoms with E-state index in [9.17, 15) is 5.11 Å². The second-order valence-electron chi connectivity index (χ2n) is 9.00. The summed E-state index contributed by atoms with van der Waals surface area (Å²) < 4.78 is 26.7. The Morgan fingerprint density at radius 3 is 1.85 bits per heavy atom. The first-order valence-electron chi connectivity index (χ1n) is 10.1. The first-order valence-corrected chi connectivity index (χ1v) is 14.8. The molecule has 5 nitrogen and oxygen atoms in total. The number of aliphatic hydroxyl groups excluding tert-OH is 1. The summed E-state index contributed by atoms with van der Waals surface area (Å²) in [4.78, 5) is 0. The number of rotatable bonds is 5. The molecule has 1 N–H and O–H groups in total.